The van der Waals surface area contributed by atoms with E-state index in [2.05, 4.69) is 4.98 Å². The number of likely N-dealkylation sites (N-methyl/N-ethyl adjacent to an activating group) is 1. The first kappa shape index (κ1) is 67.5. The summed E-state index contributed by atoms with van der Waals surface area (Å²) >= 11 is 0. The molecule has 0 amide bonds. The number of fused-ring (bicyclic) bond motifs is 1. The highest BCUT2D eigenvalue weighted by Gasteiger charge is 2.55. The molecule has 0 bridgehead atoms. The molecule has 0 spiro atoms. The van der Waals surface area contributed by atoms with Crippen molar-refractivity contribution in [3.05, 3.63) is 156 Å². The number of cyclic esters (lactones) is 1. The topological polar surface area (TPSA) is 212 Å². The number of aliphatic hydroxyl groups excluding tert-OH is 1. The maximum atomic E-state index is 15.3. The van der Waals surface area contributed by atoms with E-state index in [4.69, 9.17) is 52.6 Å². The van der Waals surface area contributed by atoms with E-state index in [1.165, 1.54) is 14.0 Å². The smallest absolute Gasteiger partial charge is 0.338 e. The molecule has 3 fully saturated rings. The fraction of sp³-hybridized carbons (Fsp3) is 0.529. The van der Waals surface area contributed by atoms with Crippen molar-refractivity contribution in [2.24, 2.45) is 28.8 Å². The molecule has 4 aromatic carbocycles. The van der Waals surface area contributed by atoms with Crippen molar-refractivity contribution in [2.45, 2.75) is 186 Å². The molecule has 3 aliphatic rings. The second kappa shape index (κ2) is 29.9. The third-order valence-corrected chi connectivity index (χ3v) is 17.9. The van der Waals surface area contributed by atoms with Crippen LogP contribution >= 0.6 is 0 Å². The Labute approximate surface area is 518 Å². The average molecular weight is 1210 g/mol. The van der Waals surface area contributed by atoms with Crippen molar-refractivity contribution in [1.82, 2.24) is 9.88 Å². The van der Waals surface area contributed by atoms with Gasteiger partial charge in [-0.05, 0) is 122 Å². The fourth-order valence-electron chi connectivity index (χ4n) is 12.9. The number of hydrogen-bond donors (Lipinski definition) is 2. The van der Waals surface area contributed by atoms with E-state index < -0.39 is 126 Å². The molecule has 3 saturated heterocycles. The zero-order valence-corrected chi connectivity index (χ0v) is 53.2. The number of methoxy groups -OCH3 is 1. The molecule has 1 aromatic heterocycles. The maximum absolute atomic E-state index is 15.3. The van der Waals surface area contributed by atoms with Crippen molar-refractivity contribution < 1.29 is 72.1 Å². The van der Waals surface area contributed by atoms with E-state index in [9.17, 15) is 19.8 Å². The van der Waals surface area contributed by atoms with Crippen LogP contribution in [0.25, 0.3) is 17.0 Å². The number of aliphatic hydroxyl groups is 2. The second-order valence-corrected chi connectivity index (χ2v) is 25.0. The summed E-state index contributed by atoms with van der Waals surface area (Å²) in [6, 6.07) is 36.4. The van der Waals surface area contributed by atoms with Crippen LogP contribution in [0.3, 0.4) is 0 Å². The van der Waals surface area contributed by atoms with Crippen LogP contribution in [0.5, 0.6) is 0 Å². The van der Waals surface area contributed by atoms with Gasteiger partial charge in [-0.15, -0.1) is 0 Å². The number of nitrogens with zero attached hydrogens (tertiary/aromatic N) is 3. The van der Waals surface area contributed by atoms with Gasteiger partial charge >= 0.3 is 17.9 Å². The first-order valence-electron chi connectivity index (χ1n) is 30.8. The molecule has 5 aromatic rings. The first-order chi connectivity index (χ1) is 42.0. The number of carbonyl (C=O) groups excluding carboxylic acids is 3. The summed E-state index contributed by atoms with van der Waals surface area (Å²) in [5.41, 5.74) is -1.04. The SMILES string of the molecule is CC[C@H]1OC(=O)[C@H](C)[C@@H](OC2C[C@@](C)(OC)[C@@H](OC(=O)c3ccccc3)[C@H](C)O2)[C@H](C)[C@@H](OC2O[C@H](C)C[C@H](N(C)C)[C@H]2OC(=O)c2ccccc2)[C@@](C)(OC/C=C/c2cnc3ccccc3c2)C[C@H](C)/C(=N/OCc2ccccc2)[C@H](C)[C@@H](O)[C@]1(C)O. The Morgan fingerprint density at radius 2 is 1.40 bits per heavy atom. The van der Waals surface area contributed by atoms with Crippen molar-refractivity contribution in [3.8, 4) is 0 Å². The van der Waals surface area contributed by atoms with Crippen molar-refractivity contribution in [1.29, 1.82) is 0 Å². The highest BCUT2D eigenvalue weighted by Crippen LogP contribution is 2.43. The summed E-state index contributed by atoms with van der Waals surface area (Å²) in [6.45, 7) is 18.1. The number of oxime groups is 1. The van der Waals surface area contributed by atoms with Crippen LogP contribution in [-0.2, 0) is 58.9 Å². The van der Waals surface area contributed by atoms with Gasteiger partial charge in [0.2, 0.25) is 0 Å². The monoisotopic (exact) mass is 1210 g/mol. The van der Waals surface area contributed by atoms with E-state index in [-0.39, 0.29) is 32.5 Å². The molecule has 476 valence electrons. The summed E-state index contributed by atoms with van der Waals surface area (Å²) in [4.78, 5) is 56.1. The van der Waals surface area contributed by atoms with Crippen LogP contribution in [0, 0.1) is 23.7 Å². The largest absolute Gasteiger partial charge is 0.459 e. The molecule has 0 saturated carbocycles. The summed E-state index contributed by atoms with van der Waals surface area (Å²) in [5.74, 6) is -5.43. The van der Waals surface area contributed by atoms with Crippen LogP contribution in [0.4, 0.5) is 0 Å². The molecule has 18 nitrogen and oxygen atoms in total. The zero-order chi connectivity index (χ0) is 63.5. The summed E-state index contributed by atoms with van der Waals surface area (Å²) in [5, 5.41) is 30.9. The normalized spacial score (nSPS) is 34.0. The van der Waals surface area contributed by atoms with E-state index in [0.29, 0.717) is 23.3 Å². The maximum Gasteiger partial charge on any atom is 0.338 e. The predicted octanol–water partition coefficient (Wildman–Crippen LogP) is 10.8. The molecule has 0 aliphatic carbocycles. The molecule has 4 heterocycles. The van der Waals surface area contributed by atoms with Gasteiger partial charge in [0.25, 0.3) is 0 Å². The van der Waals surface area contributed by atoms with E-state index in [1.54, 1.807) is 82.4 Å². The van der Waals surface area contributed by atoms with Gasteiger partial charge in [-0.2, -0.15) is 0 Å². The Balaban J connectivity index is 1.28. The molecule has 0 radical (unpaired) electrons. The van der Waals surface area contributed by atoms with Gasteiger partial charge in [0.1, 0.15) is 23.9 Å². The number of carbonyl (C=O) groups is 3. The summed E-state index contributed by atoms with van der Waals surface area (Å²) in [6.07, 6.45) is -4.22. The zero-order valence-electron chi connectivity index (χ0n) is 53.2. The molecule has 8 rings (SSSR count). The number of rotatable bonds is 18. The minimum absolute atomic E-state index is 0.0149. The standard InChI is InChI=1S/C70H91N3O15/c1-14-56-70(10,78)61(74)45(4)58(72-81-42-49-27-18-15-19-28-49)43(2)39-69(9,80-36-26-29-50-38-53-34-24-25-35-54(53)71-41-50)62(88-67-60(55(73(11)12)37-44(3)82-67)86-65(76)51-30-20-16-21-31-51)46(5)59(47(6)64(75)84-56)85-57-40-68(8,79-13)63(48(7)83-57)87-66(77)52-32-22-17-23-33-52/h15-35,38,41,43-48,55-57,59-63,67,74,78H,14,36-37,39-40,42H2,1-13H3/b29-26+,72-58-/t43-,44+,45-,46-,47+,48-,55-,56+,57?,59-,60+,61+,62+,63-,67?,68+,69-,70+/m0/s1. The van der Waals surface area contributed by atoms with Crippen LogP contribution < -0.4 is 0 Å². The lowest BCUT2D eigenvalue weighted by molar-refractivity contribution is -0.319. The average Bonchev–Trinajstić information content (AvgIpc) is 2.19. The van der Waals surface area contributed by atoms with Gasteiger partial charge in [-0.25, -0.2) is 9.59 Å². The van der Waals surface area contributed by atoms with Crippen molar-refractivity contribution in [3.63, 3.8) is 0 Å². The van der Waals surface area contributed by atoms with Gasteiger partial charge in [0.15, 0.2) is 24.8 Å². The molecule has 2 unspecified atom stereocenters. The van der Waals surface area contributed by atoms with Gasteiger partial charge in [-0.3, -0.25) is 9.78 Å². The number of aromatic nitrogens is 1. The third-order valence-electron chi connectivity index (χ3n) is 17.9. The number of pyridine rings is 1. The molecule has 18 atom stereocenters. The van der Waals surface area contributed by atoms with Gasteiger partial charge < -0.3 is 62.6 Å². The molecule has 3 aliphatic heterocycles. The lowest BCUT2D eigenvalue weighted by Crippen LogP contribution is -2.62. The number of para-hydroxylation sites is 1. The van der Waals surface area contributed by atoms with Crippen LogP contribution in [0.15, 0.2) is 139 Å². The third kappa shape index (κ3) is 16.1. The lowest BCUT2D eigenvalue weighted by atomic mass is 9.73. The Morgan fingerprint density at radius 1 is 0.773 bits per heavy atom. The molecule has 88 heavy (non-hydrogen) atoms. The molecule has 18 heteroatoms. The van der Waals surface area contributed by atoms with Gasteiger partial charge in [-0.1, -0.05) is 130 Å². The Kier molecular flexibility index (Phi) is 22.9. The first-order valence-corrected chi connectivity index (χ1v) is 30.8. The van der Waals surface area contributed by atoms with Crippen LogP contribution in [0.2, 0.25) is 0 Å². The Morgan fingerprint density at radius 3 is 2.03 bits per heavy atom. The van der Waals surface area contributed by atoms with Crippen LogP contribution in [-0.4, -0.2) is 156 Å². The van der Waals surface area contributed by atoms with E-state index >= 15 is 4.79 Å². The molecule has 2 N–H and O–H groups in total. The predicted molar refractivity (Wildman–Crippen MR) is 334 cm³/mol. The highest BCUT2D eigenvalue weighted by molar-refractivity contribution is 5.90. The number of hydrogen-bond acceptors (Lipinski definition) is 18. The lowest BCUT2D eigenvalue weighted by Gasteiger charge is -2.50. The molecular formula is C70H91N3O15. The number of ether oxygens (including phenoxy) is 9. The highest BCUT2D eigenvalue weighted by atomic mass is 16.7. The van der Waals surface area contributed by atoms with Crippen molar-refractivity contribution in [2.75, 3.05) is 27.8 Å². The van der Waals surface area contributed by atoms with Crippen molar-refractivity contribution >= 4 is 40.6 Å². The second-order valence-electron chi connectivity index (χ2n) is 25.0. The minimum Gasteiger partial charge on any atom is -0.459 e. The number of benzene rings is 4. The van der Waals surface area contributed by atoms with Gasteiger partial charge in [0.05, 0.1) is 77.0 Å². The Hall–Kier alpha value is -6.45. The fourth-order valence-corrected chi connectivity index (χ4v) is 12.9. The quantitative estimate of drug-likeness (QED) is 0.0474. The van der Waals surface area contributed by atoms with E-state index in [0.717, 1.165) is 22.0 Å². The molecular weight excluding hydrogens is 1120 g/mol. The van der Waals surface area contributed by atoms with E-state index in [1.807, 2.05) is 139 Å². The summed E-state index contributed by atoms with van der Waals surface area (Å²) < 4.78 is 61.1. The number of esters is 3. The Bertz CT molecular complexity index is 3130. The van der Waals surface area contributed by atoms with Crippen LogP contribution in [0.1, 0.15) is 127 Å². The minimum atomic E-state index is -2.03. The summed E-state index contributed by atoms with van der Waals surface area (Å²) in [7, 11) is 5.37. The van der Waals surface area contributed by atoms with Gasteiger partial charge in [0, 0.05) is 42.9 Å².